The number of benzene rings is 1. The van der Waals surface area contributed by atoms with Crippen LogP contribution >= 0.6 is 0 Å². The van der Waals surface area contributed by atoms with Crippen LogP contribution in [-0.2, 0) is 4.74 Å². The largest absolute Gasteiger partial charge is 0.378 e. The van der Waals surface area contributed by atoms with Crippen molar-refractivity contribution in [2.45, 2.75) is 51.2 Å². The highest BCUT2D eigenvalue weighted by atomic mass is 19.1. The Hall–Kier alpha value is -1.00. The van der Waals surface area contributed by atoms with E-state index in [0.29, 0.717) is 11.7 Å². The molecule has 112 valence electrons. The molecular formula is C16H23F2NO. The summed E-state index contributed by atoms with van der Waals surface area (Å²) in [5, 5.41) is 3.24. The molecule has 0 radical (unpaired) electrons. The van der Waals surface area contributed by atoms with Gasteiger partial charge in [-0.05, 0) is 56.8 Å². The van der Waals surface area contributed by atoms with Gasteiger partial charge in [-0.3, -0.25) is 0 Å². The van der Waals surface area contributed by atoms with Gasteiger partial charge in [0.25, 0.3) is 0 Å². The van der Waals surface area contributed by atoms with Crippen molar-refractivity contribution in [2.75, 3.05) is 13.2 Å². The Morgan fingerprint density at radius 3 is 2.95 bits per heavy atom. The maximum Gasteiger partial charge on any atom is 0.128 e. The van der Waals surface area contributed by atoms with Crippen LogP contribution in [0.5, 0.6) is 0 Å². The van der Waals surface area contributed by atoms with Gasteiger partial charge in [-0.2, -0.15) is 0 Å². The van der Waals surface area contributed by atoms with E-state index < -0.39 is 0 Å². The summed E-state index contributed by atoms with van der Waals surface area (Å²) in [5.74, 6) is -0.724. The fourth-order valence-corrected chi connectivity index (χ4v) is 2.82. The van der Waals surface area contributed by atoms with Crippen molar-refractivity contribution in [1.29, 1.82) is 0 Å². The minimum Gasteiger partial charge on any atom is -0.378 e. The van der Waals surface area contributed by atoms with Gasteiger partial charge in [0.15, 0.2) is 0 Å². The molecule has 0 saturated carbocycles. The molecule has 2 nitrogen and oxygen atoms in total. The summed E-state index contributed by atoms with van der Waals surface area (Å²) >= 11 is 0. The molecule has 1 N–H and O–H groups in total. The summed E-state index contributed by atoms with van der Waals surface area (Å²) in [4.78, 5) is 0. The summed E-state index contributed by atoms with van der Waals surface area (Å²) in [6.45, 7) is 3.57. The fourth-order valence-electron chi connectivity index (χ4n) is 2.82. The molecule has 1 heterocycles. The monoisotopic (exact) mass is 283 g/mol. The van der Waals surface area contributed by atoms with E-state index in [0.717, 1.165) is 51.3 Å². The van der Waals surface area contributed by atoms with Crippen molar-refractivity contribution in [1.82, 2.24) is 5.32 Å². The summed E-state index contributed by atoms with van der Waals surface area (Å²) in [5.41, 5.74) is 0.430. The van der Waals surface area contributed by atoms with E-state index in [1.807, 2.05) is 6.92 Å². The topological polar surface area (TPSA) is 21.3 Å². The lowest BCUT2D eigenvalue weighted by atomic mass is 9.98. The lowest BCUT2D eigenvalue weighted by Crippen LogP contribution is -2.22. The third kappa shape index (κ3) is 4.25. The van der Waals surface area contributed by atoms with Crippen molar-refractivity contribution in [2.24, 2.45) is 0 Å². The standard InChI is InChI=1S/C16H23F2NO/c1-2-19-16(7-3-5-13-6-4-10-20-13)14-11-12(17)8-9-15(14)18/h8-9,11,13,16,19H,2-7,10H2,1H3. The Morgan fingerprint density at radius 1 is 1.40 bits per heavy atom. The van der Waals surface area contributed by atoms with E-state index in [4.69, 9.17) is 4.74 Å². The van der Waals surface area contributed by atoms with Gasteiger partial charge in [0.1, 0.15) is 11.6 Å². The molecule has 0 spiro atoms. The predicted molar refractivity (Wildman–Crippen MR) is 75.6 cm³/mol. The highest BCUT2D eigenvalue weighted by Gasteiger charge is 2.18. The lowest BCUT2D eigenvalue weighted by molar-refractivity contribution is 0.101. The Morgan fingerprint density at radius 2 is 2.25 bits per heavy atom. The second-order valence-electron chi connectivity index (χ2n) is 5.34. The molecule has 0 aliphatic carbocycles. The van der Waals surface area contributed by atoms with E-state index in [-0.39, 0.29) is 17.7 Å². The van der Waals surface area contributed by atoms with Gasteiger partial charge >= 0.3 is 0 Å². The van der Waals surface area contributed by atoms with E-state index in [1.54, 1.807) is 0 Å². The number of rotatable bonds is 7. The van der Waals surface area contributed by atoms with Gasteiger partial charge in [-0.15, -0.1) is 0 Å². The van der Waals surface area contributed by atoms with Crippen LogP contribution in [0.1, 0.15) is 50.6 Å². The van der Waals surface area contributed by atoms with Gasteiger partial charge < -0.3 is 10.1 Å². The smallest absolute Gasteiger partial charge is 0.128 e. The predicted octanol–water partition coefficient (Wildman–Crippen LogP) is 3.96. The van der Waals surface area contributed by atoms with Gasteiger partial charge in [0.05, 0.1) is 6.10 Å². The average molecular weight is 283 g/mol. The zero-order valence-corrected chi connectivity index (χ0v) is 12.0. The molecule has 2 rings (SSSR count). The molecule has 0 aromatic heterocycles. The number of hydrogen-bond donors (Lipinski definition) is 1. The molecule has 4 heteroatoms. The molecule has 2 unspecified atom stereocenters. The van der Waals surface area contributed by atoms with Crippen molar-refractivity contribution in [3.63, 3.8) is 0 Å². The van der Waals surface area contributed by atoms with E-state index in [1.165, 1.54) is 12.1 Å². The minimum absolute atomic E-state index is 0.128. The number of nitrogens with one attached hydrogen (secondary N) is 1. The van der Waals surface area contributed by atoms with Gasteiger partial charge in [0.2, 0.25) is 0 Å². The first-order valence-electron chi connectivity index (χ1n) is 7.50. The highest BCUT2D eigenvalue weighted by Crippen LogP contribution is 2.25. The van der Waals surface area contributed by atoms with Crippen molar-refractivity contribution >= 4 is 0 Å². The minimum atomic E-state index is -0.386. The van der Waals surface area contributed by atoms with Crippen molar-refractivity contribution in [3.8, 4) is 0 Å². The maximum atomic E-state index is 13.8. The van der Waals surface area contributed by atoms with Crippen LogP contribution < -0.4 is 5.32 Å². The summed E-state index contributed by atoms with van der Waals surface area (Å²) in [6, 6.07) is 3.54. The Labute approximate surface area is 119 Å². The Bertz CT molecular complexity index is 419. The quantitative estimate of drug-likeness (QED) is 0.817. The van der Waals surface area contributed by atoms with Crippen LogP contribution in [0.4, 0.5) is 8.78 Å². The van der Waals surface area contributed by atoms with Gasteiger partial charge in [-0.25, -0.2) is 8.78 Å². The number of ether oxygens (including phenoxy) is 1. The second kappa shape index (κ2) is 7.70. The Kier molecular flexibility index (Phi) is 5.92. The Balaban J connectivity index is 1.93. The van der Waals surface area contributed by atoms with Crippen LogP contribution in [-0.4, -0.2) is 19.3 Å². The summed E-state index contributed by atoms with van der Waals surface area (Å²) in [6.07, 6.45) is 5.38. The van der Waals surface area contributed by atoms with E-state index >= 15 is 0 Å². The normalized spacial score (nSPS) is 20.2. The zero-order valence-electron chi connectivity index (χ0n) is 12.0. The first-order chi connectivity index (χ1) is 9.70. The van der Waals surface area contributed by atoms with Crippen LogP contribution in [0, 0.1) is 11.6 Å². The molecule has 2 atom stereocenters. The van der Waals surface area contributed by atoms with Gasteiger partial charge in [-0.1, -0.05) is 6.92 Å². The molecule has 1 aromatic carbocycles. The first kappa shape index (κ1) is 15.4. The molecule has 1 aliphatic heterocycles. The highest BCUT2D eigenvalue weighted by molar-refractivity contribution is 5.22. The molecule has 0 amide bonds. The molecule has 1 aromatic rings. The lowest BCUT2D eigenvalue weighted by Gasteiger charge is -2.20. The molecular weight excluding hydrogens is 260 g/mol. The average Bonchev–Trinajstić information content (AvgIpc) is 2.94. The van der Waals surface area contributed by atoms with Crippen LogP contribution in [0.2, 0.25) is 0 Å². The van der Waals surface area contributed by atoms with Gasteiger partial charge in [0, 0.05) is 18.2 Å². The molecule has 1 fully saturated rings. The first-order valence-corrected chi connectivity index (χ1v) is 7.50. The van der Waals surface area contributed by atoms with E-state index in [9.17, 15) is 8.78 Å². The third-order valence-corrected chi connectivity index (χ3v) is 3.83. The van der Waals surface area contributed by atoms with Crippen molar-refractivity contribution < 1.29 is 13.5 Å². The maximum absolute atomic E-state index is 13.8. The molecule has 1 aliphatic rings. The third-order valence-electron chi connectivity index (χ3n) is 3.83. The van der Waals surface area contributed by atoms with Crippen molar-refractivity contribution in [3.05, 3.63) is 35.4 Å². The molecule has 0 bridgehead atoms. The number of hydrogen-bond acceptors (Lipinski definition) is 2. The van der Waals surface area contributed by atoms with Crippen LogP contribution in [0.25, 0.3) is 0 Å². The molecule has 1 saturated heterocycles. The fraction of sp³-hybridized carbons (Fsp3) is 0.625. The zero-order chi connectivity index (χ0) is 14.4. The second-order valence-corrected chi connectivity index (χ2v) is 5.34. The van der Waals surface area contributed by atoms with Crippen LogP contribution in [0.15, 0.2) is 18.2 Å². The summed E-state index contributed by atoms with van der Waals surface area (Å²) < 4.78 is 32.7. The SMILES string of the molecule is CCNC(CCCC1CCCO1)c1cc(F)ccc1F. The number of halogens is 2. The van der Waals surface area contributed by atoms with Crippen LogP contribution in [0.3, 0.4) is 0 Å². The summed E-state index contributed by atoms with van der Waals surface area (Å²) in [7, 11) is 0. The van der Waals surface area contributed by atoms with E-state index in [2.05, 4.69) is 5.32 Å². The molecule has 20 heavy (non-hydrogen) atoms.